The first kappa shape index (κ1) is 22.9. The molecule has 0 radical (unpaired) electrons. The van der Waals surface area contributed by atoms with Crippen LogP contribution in [0.1, 0.15) is 11.1 Å². The van der Waals surface area contributed by atoms with Gasteiger partial charge >= 0.3 is 0 Å². The molecular formula is C26H28N2O4. The van der Waals surface area contributed by atoms with E-state index in [1.165, 1.54) is 0 Å². The van der Waals surface area contributed by atoms with Gasteiger partial charge in [0.25, 0.3) is 5.91 Å². The summed E-state index contributed by atoms with van der Waals surface area (Å²) in [7, 11) is 3.17. The van der Waals surface area contributed by atoms with E-state index in [0.717, 1.165) is 11.1 Å². The molecule has 0 aliphatic heterocycles. The molecule has 6 nitrogen and oxygen atoms in total. The van der Waals surface area contributed by atoms with Gasteiger partial charge in [-0.25, -0.2) is 0 Å². The maximum Gasteiger partial charge on any atom is 0.261 e. The lowest BCUT2D eigenvalue weighted by Gasteiger charge is -2.31. The van der Waals surface area contributed by atoms with Crippen LogP contribution in [0.15, 0.2) is 84.9 Å². The molecule has 0 fully saturated rings. The number of benzene rings is 3. The summed E-state index contributed by atoms with van der Waals surface area (Å²) in [4.78, 5) is 27.8. The van der Waals surface area contributed by atoms with Crippen LogP contribution in [0, 0.1) is 0 Å². The zero-order valence-electron chi connectivity index (χ0n) is 18.4. The second kappa shape index (κ2) is 11.6. The average molecular weight is 433 g/mol. The van der Waals surface area contributed by atoms with Gasteiger partial charge in [-0.15, -0.1) is 0 Å². The van der Waals surface area contributed by atoms with E-state index in [1.807, 2.05) is 72.8 Å². The highest BCUT2D eigenvalue weighted by Gasteiger charge is 2.30. The molecule has 3 aromatic carbocycles. The second-order valence-electron chi connectivity index (χ2n) is 7.29. The molecule has 32 heavy (non-hydrogen) atoms. The molecule has 0 saturated carbocycles. The van der Waals surface area contributed by atoms with Gasteiger partial charge < -0.3 is 19.7 Å². The SMILES string of the molecule is CNC(=O)[C@@H](Cc1ccccc1)N(Cc1cccc(OC)c1)C(=O)COc1ccccc1. The number of rotatable bonds is 10. The number of hydrogen-bond donors (Lipinski definition) is 1. The highest BCUT2D eigenvalue weighted by Crippen LogP contribution is 2.19. The van der Waals surface area contributed by atoms with E-state index in [-0.39, 0.29) is 25.0 Å². The fraction of sp³-hybridized carbons (Fsp3) is 0.231. The zero-order valence-corrected chi connectivity index (χ0v) is 18.4. The summed E-state index contributed by atoms with van der Waals surface area (Å²) in [5, 5.41) is 2.70. The van der Waals surface area contributed by atoms with Crippen LogP contribution >= 0.6 is 0 Å². The molecule has 6 heteroatoms. The number of ether oxygens (including phenoxy) is 2. The number of amides is 2. The topological polar surface area (TPSA) is 67.9 Å². The van der Waals surface area contributed by atoms with Crippen molar-refractivity contribution in [3.63, 3.8) is 0 Å². The lowest BCUT2D eigenvalue weighted by Crippen LogP contribution is -2.51. The van der Waals surface area contributed by atoms with Crippen LogP contribution in [0.3, 0.4) is 0 Å². The molecular weight excluding hydrogens is 404 g/mol. The predicted octanol–water partition coefficient (Wildman–Crippen LogP) is 3.46. The predicted molar refractivity (Wildman–Crippen MR) is 123 cm³/mol. The standard InChI is InChI=1S/C26H28N2O4/c1-27-26(30)24(17-20-10-5-3-6-11-20)28(18-21-12-9-15-23(16-21)31-2)25(29)19-32-22-13-7-4-8-14-22/h3-16,24H,17-19H2,1-2H3,(H,27,30)/t24-/m1/s1. The summed E-state index contributed by atoms with van der Waals surface area (Å²) < 4.78 is 11.0. The molecule has 1 atom stereocenters. The lowest BCUT2D eigenvalue weighted by atomic mass is 10.0. The maximum absolute atomic E-state index is 13.3. The van der Waals surface area contributed by atoms with Gasteiger partial charge in [0.05, 0.1) is 7.11 Å². The van der Waals surface area contributed by atoms with Crippen molar-refractivity contribution in [3.8, 4) is 11.5 Å². The van der Waals surface area contributed by atoms with Crippen molar-refractivity contribution in [2.24, 2.45) is 0 Å². The number of nitrogens with zero attached hydrogens (tertiary/aromatic N) is 1. The number of para-hydroxylation sites is 1. The first-order chi connectivity index (χ1) is 15.6. The van der Waals surface area contributed by atoms with E-state index in [4.69, 9.17) is 9.47 Å². The van der Waals surface area contributed by atoms with E-state index < -0.39 is 6.04 Å². The number of nitrogens with one attached hydrogen (secondary N) is 1. The summed E-state index contributed by atoms with van der Waals surface area (Å²) in [5.74, 6) is 0.780. The zero-order chi connectivity index (χ0) is 22.8. The molecule has 166 valence electrons. The highest BCUT2D eigenvalue weighted by atomic mass is 16.5. The molecule has 3 aromatic rings. The first-order valence-electron chi connectivity index (χ1n) is 10.5. The third-order valence-electron chi connectivity index (χ3n) is 5.11. The van der Waals surface area contributed by atoms with Crippen LogP contribution < -0.4 is 14.8 Å². The molecule has 0 aliphatic carbocycles. The largest absolute Gasteiger partial charge is 0.497 e. The molecule has 0 aliphatic rings. The number of carbonyl (C=O) groups excluding carboxylic acids is 2. The minimum Gasteiger partial charge on any atom is -0.497 e. The summed E-state index contributed by atoms with van der Waals surface area (Å²) in [5.41, 5.74) is 1.83. The van der Waals surface area contributed by atoms with Crippen molar-refractivity contribution < 1.29 is 19.1 Å². The number of likely N-dealkylation sites (N-methyl/N-ethyl adjacent to an activating group) is 1. The Balaban J connectivity index is 1.88. The number of hydrogen-bond acceptors (Lipinski definition) is 4. The molecule has 0 unspecified atom stereocenters. The molecule has 2 amide bonds. The molecule has 3 rings (SSSR count). The Morgan fingerprint density at radius 3 is 2.16 bits per heavy atom. The van der Waals surface area contributed by atoms with Gasteiger partial charge in [0.1, 0.15) is 17.5 Å². The van der Waals surface area contributed by atoms with Crippen molar-refractivity contribution in [1.82, 2.24) is 10.2 Å². The van der Waals surface area contributed by atoms with Gasteiger partial charge in [-0.05, 0) is 35.4 Å². The first-order valence-corrected chi connectivity index (χ1v) is 10.5. The molecule has 0 aromatic heterocycles. The molecule has 0 spiro atoms. The van der Waals surface area contributed by atoms with Crippen molar-refractivity contribution in [2.75, 3.05) is 20.8 Å². The normalized spacial score (nSPS) is 11.3. The van der Waals surface area contributed by atoms with E-state index in [9.17, 15) is 9.59 Å². The fourth-order valence-electron chi connectivity index (χ4n) is 3.43. The van der Waals surface area contributed by atoms with Crippen LogP contribution in [0.5, 0.6) is 11.5 Å². The smallest absolute Gasteiger partial charge is 0.261 e. The van der Waals surface area contributed by atoms with Gasteiger partial charge in [0.2, 0.25) is 5.91 Å². The Labute approximate surface area is 188 Å². The van der Waals surface area contributed by atoms with Crippen molar-refractivity contribution in [3.05, 3.63) is 96.1 Å². The monoisotopic (exact) mass is 432 g/mol. The van der Waals surface area contributed by atoms with E-state index in [0.29, 0.717) is 17.9 Å². The third kappa shape index (κ3) is 6.35. The van der Waals surface area contributed by atoms with Crippen LogP contribution in [0.2, 0.25) is 0 Å². The van der Waals surface area contributed by atoms with Crippen LogP contribution in [0.25, 0.3) is 0 Å². The number of carbonyl (C=O) groups is 2. The molecule has 0 heterocycles. The van der Waals surface area contributed by atoms with E-state index >= 15 is 0 Å². The van der Waals surface area contributed by atoms with Gasteiger partial charge in [-0.2, -0.15) is 0 Å². The van der Waals surface area contributed by atoms with Crippen molar-refractivity contribution >= 4 is 11.8 Å². The summed E-state index contributed by atoms with van der Waals surface area (Å²) >= 11 is 0. The Morgan fingerprint density at radius 1 is 0.875 bits per heavy atom. The van der Waals surface area contributed by atoms with Crippen molar-refractivity contribution in [2.45, 2.75) is 19.0 Å². The minimum atomic E-state index is -0.694. The Kier molecular flexibility index (Phi) is 8.26. The lowest BCUT2D eigenvalue weighted by molar-refractivity contribution is -0.142. The van der Waals surface area contributed by atoms with Gasteiger partial charge in [0, 0.05) is 20.0 Å². The van der Waals surface area contributed by atoms with E-state index in [2.05, 4.69) is 5.32 Å². The maximum atomic E-state index is 13.3. The Morgan fingerprint density at radius 2 is 1.50 bits per heavy atom. The Bertz CT molecular complexity index is 1010. The molecule has 0 bridgehead atoms. The average Bonchev–Trinajstić information content (AvgIpc) is 2.85. The van der Waals surface area contributed by atoms with Crippen LogP contribution in [0.4, 0.5) is 0 Å². The summed E-state index contributed by atoms with van der Waals surface area (Å²) in [6.07, 6.45) is 0.390. The van der Waals surface area contributed by atoms with Crippen LogP contribution in [-0.2, 0) is 22.6 Å². The summed E-state index contributed by atoms with van der Waals surface area (Å²) in [6, 6.07) is 25.6. The summed E-state index contributed by atoms with van der Waals surface area (Å²) in [6.45, 7) is 0.0787. The molecule has 0 saturated heterocycles. The Hall–Kier alpha value is -3.80. The fourth-order valence-corrected chi connectivity index (χ4v) is 3.43. The van der Waals surface area contributed by atoms with Crippen molar-refractivity contribution in [1.29, 1.82) is 0 Å². The van der Waals surface area contributed by atoms with Gasteiger partial charge in [-0.1, -0.05) is 60.7 Å². The second-order valence-corrected chi connectivity index (χ2v) is 7.29. The van der Waals surface area contributed by atoms with E-state index in [1.54, 1.807) is 31.2 Å². The highest BCUT2D eigenvalue weighted by molar-refractivity contribution is 5.88. The molecule has 1 N–H and O–H groups in total. The van der Waals surface area contributed by atoms with Crippen LogP contribution in [-0.4, -0.2) is 43.5 Å². The van der Waals surface area contributed by atoms with Gasteiger partial charge in [0.15, 0.2) is 6.61 Å². The number of methoxy groups -OCH3 is 1. The third-order valence-corrected chi connectivity index (χ3v) is 5.11. The quantitative estimate of drug-likeness (QED) is 0.533. The minimum absolute atomic E-state index is 0.170. The van der Waals surface area contributed by atoms with Gasteiger partial charge in [-0.3, -0.25) is 9.59 Å².